The van der Waals surface area contributed by atoms with Gasteiger partial charge in [-0.2, -0.15) is 0 Å². The number of thioether (sulfide) groups is 1. The highest BCUT2D eigenvalue weighted by Crippen LogP contribution is 2.40. The van der Waals surface area contributed by atoms with Crippen molar-refractivity contribution in [1.82, 2.24) is 10.3 Å². The predicted molar refractivity (Wildman–Crippen MR) is 190 cm³/mol. The van der Waals surface area contributed by atoms with Crippen LogP contribution in [-0.2, 0) is 4.79 Å². The molecule has 48 heavy (non-hydrogen) atoms. The number of amidine groups is 1. The predicted octanol–water partition coefficient (Wildman–Crippen LogP) is 8.68. The summed E-state index contributed by atoms with van der Waals surface area (Å²) in [4.78, 5) is 57.4. The third-order valence-electron chi connectivity index (χ3n) is 7.12. The van der Waals surface area contributed by atoms with Gasteiger partial charge in [-0.25, -0.2) is 9.98 Å². The number of thiazole rings is 1. The number of nitro benzene ring substituents is 2. The van der Waals surface area contributed by atoms with Crippen molar-refractivity contribution in [3.63, 3.8) is 0 Å². The maximum atomic E-state index is 12.7. The Morgan fingerprint density at radius 1 is 1.02 bits per heavy atom. The van der Waals surface area contributed by atoms with Crippen molar-refractivity contribution in [1.29, 1.82) is 0 Å². The van der Waals surface area contributed by atoms with E-state index in [1.165, 1.54) is 29.5 Å². The average Bonchev–Trinajstić information content (AvgIpc) is 3.60. The summed E-state index contributed by atoms with van der Waals surface area (Å²) in [6, 6.07) is 19.6. The minimum Gasteiger partial charge on any atom is -0.322 e. The minimum absolute atomic E-state index is 0.0709. The molecule has 0 spiro atoms. The molecule has 2 heterocycles. The zero-order valence-corrected chi connectivity index (χ0v) is 28.1. The van der Waals surface area contributed by atoms with Crippen LogP contribution in [0.4, 0.5) is 22.7 Å². The second kappa shape index (κ2) is 13.6. The molecular formula is C32H21ClN6O6S3. The lowest BCUT2D eigenvalue weighted by atomic mass is 10.1. The van der Waals surface area contributed by atoms with Gasteiger partial charge in [0.2, 0.25) is 0 Å². The topological polar surface area (TPSA) is 170 Å². The van der Waals surface area contributed by atoms with Crippen LogP contribution in [0.15, 0.2) is 91.9 Å². The Hall–Kier alpha value is -5.09. The van der Waals surface area contributed by atoms with Gasteiger partial charge in [-0.1, -0.05) is 41.6 Å². The molecule has 6 rings (SSSR count). The summed E-state index contributed by atoms with van der Waals surface area (Å²) in [6.45, 7) is 3.40. The van der Waals surface area contributed by atoms with E-state index in [-0.39, 0.29) is 27.4 Å². The number of fused-ring (bicyclic) bond motifs is 1. The number of carbonyl (C=O) groups excluding carboxylic acids is 2. The van der Waals surface area contributed by atoms with Crippen LogP contribution in [0.5, 0.6) is 0 Å². The van der Waals surface area contributed by atoms with E-state index in [1.807, 2.05) is 0 Å². The molecule has 0 unspecified atom stereocenters. The molecule has 1 aromatic heterocycles. The fourth-order valence-corrected chi connectivity index (χ4v) is 7.85. The zero-order valence-electron chi connectivity index (χ0n) is 24.8. The number of hydrogen-bond acceptors (Lipinski definition) is 11. The maximum absolute atomic E-state index is 12.7. The number of nitrogens with one attached hydrogen (secondary N) is 2. The number of aryl methyl sites for hydroxylation is 1. The van der Waals surface area contributed by atoms with E-state index in [4.69, 9.17) is 11.6 Å². The number of nitrogens with zero attached hydrogens (tertiary/aromatic N) is 4. The Balaban J connectivity index is 1.20. The Kier molecular flexibility index (Phi) is 9.28. The molecule has 1 fully saturated rings. The van der Waals surface area contributed by atoms with Crippen molar-refractivity contribution in [2.75, 3.05) is 5.32 Å². The summed E-state index contributed by atoms with van der Waals surface area (Å²) >= 11 is 9.62. The third-order valence-corrected chi connectivity index (χ3v) is 10.5. The molecule has 1 aliphatic heterocycles. The van der Waals surface area contributed by atoms with E-state index in [2.05, 4.69) is 20.6 Å². The largest absolute Gasteiger partial charge is 0.322 e. The van der Waals surface area contributed by atoms with Crippen LogP contribution < -0.4 is 10.6 Å². The number of benzene rings is 4. The molecule has 2 amide bonds. The lowest BCUT2D eigenvalue weighted by Gasteiger charge is -2.06. The molecule has 0 saturated carbocycles. The van der Waals surface area contributed by atoms with E-state index < -0.39 is 15.8 Å². The van der Waals surface area contributed by atoms with E-state index in [1.54, 1.807) is 74.5 Å². The normalized spacial score (nSPS) is 14.4. The van der Waals surface area contributed by atoms with Gasteiger partial charge in [0, 0.05) is 23.4 Å². The summed E-state index contributed by atoms with van der Waals surface area (Å²) in [5.74, 6) is -0.801. The molecular weight excluding hydrogens is 696 g/mol. The Bertz CT molecular complexity index is 2250. The number of anilines is 1. The molecule has 0 radical (unpaired) electrons. The highest BCUT2D eigenvalue weighted by atomic mass is 35.5. The fourth-order valence-electron chi connectivity index (χ4n) is 4.64. The first-order valence-electron chi connectivity index (χ1n) is 13.9. The number of aliphatic imine (C=N–C) groups is 1. The molecule has 0 aliphatic carbocycles. The van der Waals surface area contributed by atoms with Crippen molar-refractivity contribution >= 4 is 102 Å². The van der Waals surface area contributed by atoms with Crippen molar-refractivity contribution in [2.24, 2.45) is 4.99 Å². The van der Waals surface area contributed by atoms with Crippen LogP contribution in [0.2, 0.25) is 5.02 Å². The van der Waals surface area contributed by atoms with E-state index in [9.17, 15) is 29.8 Å². The molecule has 1 saturated heterocycles. The van der Waals surface area contributed by atoms with Crippen molar-refractivity contribution < 1.29 is 19.4 Å². The van der Waals surface area contributed by atoms with Gasteiger partial charge in [0.05, 0.1) is 46.1 Å². The first-order valence-corrected chi connectivity index (χ1v) is 16.8. The number of nitro groups is 2. The Labute approximate surface area is 289 Å². The van der Waals surface area contributed by atoms with Gasteiger partial charge in [0.1, 0.15) is 0 Å². The van der Waals surface area contributed by atoms with Crippen molar-refractivity contribution in [2.45, 2.75) is 23.1 Å². The molecule has 0 bridgehead atoms. The number of hydrogen-bond donors (Lipinski definition) is 2. The second-order valence-corrected chi connectivity index (χ2v) is 14.1. The van der Waals surface area contributed by atoms with Crippen LogP contribution in [0.25, 0.3) is 16.3 Å². The quantitative estimate of drug-likeness (QED) is 0.0906. The second-order valence-electron chi connectivity index (χ2n) is 10.3. The van der Waals surface area contributed by atoms with Gasteiger partial charge < -0.3 is 10.6 Å². The lowest BCUT2D eigenvalue weighted by Crippen LogP contribution is -2.19. The summed E-state index contributed by atoms with van der Waals surface area (Å²) < 4.78 is 1.34. The van der Waals surface area contributed by atoms with E-state index in [0.29, 0.717) is 53.4 Å². The van der Waals surface area contributed by atoms with Gasteiger partial charge in [-0.3, -0.25) is 29.8 Å². The van der Waals surface area contributed by atoms with Crippen LogP contribution in [0.3, 0.4) is 0 Å². The molecule has 5 aromatic rings. The van der Waals surface area contributed by atoms with Gasteiger partial charge in [0.15, 0.2) is 9.51 Å². The van der Waals surface area contributed by atoms with Crippen molar-refractivity contribution in [3.05, 3.63) is 125 Å². The van der Waals surface area contributed by atoms with Gasteiger partial charge in [-0.15, -0.1) is 11.3 Å². The Morgan fingerprint density at radius 3 is 2.54 bits per heavy atom. The summed E-state index contributed by atoms with van der Waals surface area (Å²) in [7, 11) is 0. The van der Waals surface area contributed by atoms with Gasteiger partial charge in [-0.05, 0) is 85.3 Å². The first kappa shape index (κ1) is 32.8. The van der Waals surface area contributed by atoms with Crippen LogP contribution in [0.1, 0.15) is 27.0 Å². The van der Waals surface area contributed by atoms with E-state index in [0.717, 1.165) is 28.2 Å². The van der Waals surface area contributed by atoms with Crippen LogP contribution in [-0.4, -0.2) is 31.8 Å². The van der Waals surface area contributed by atoms with Crippen molar-refractivity contribution in [3.8, 4) is 0 Å². The molecule has 16 heteroatoms. The molecule has 0 atom stereocenters. The summed E-state index contributed by atoms with van der Waals surface area (Å²) in [5.41, 5.74) is 3.29. The highest BCUT2D eigenvalue weighted by molar-refractivity contribution is 8.18. The molecule has 1 aliphatic rings. The standard InChI is InChI=1S/C32H21ClN6O6S3/c1-16-11-20(14-24(17(16)2)38(42)43)35-31-37-30(41)28(46-31)13-18-7-10-26(25(12-18)39(44)45)47-32-36-23-9-8-19(15-27(23)48-32)34-29(40)21-5-3-4-6-22(21)33/h3-15H,1-2H3,(H,34,40)(H,35,37,41)/b28-13-. The third kappa shape index (κ3) is 7.08. The van der Waals surface area contributed by atoms with E-state index >= 15 is 0 Å². The molecule has 2 N–H and O–H groups in total. The smallest absolute Gasteiger partial charge is 0.283 e. The SMILES string of the molecule is Cc1cc(N=C2NC(=O)/C(=C/c3ccc(Sc4nc5ccc(NC(=O)c6ccccc6Cl)cc5s4)c([N+](=O)[O-])c3)S2)cc([N+](=O)[O-])c1C. The number of carbonyl (C=O) groups is 2. The van der Waals surface area contributed by atoms with Gasteiger partial charge in [0.25, 0.3) is 23.2 Å². The molecule has 4 aromatic carbocycles. The highest BCUT2D eigenvalue weighted by Gasteiger charge is 2.25. The minimum atomic E-state index is -0.499. The number of aromatic nitrogens is 1. The average molecular weight is 717 g/mol. The maximum Gasteiger partial charge on any atom is 0.283 e. The lowest BCUT2D eigenvalue weighted by molar-refractivity contribution is -0.387. The fraction of sp³-hybridized carbons (Fsp3) is 0.0625. The molecule has 240 valence electrons. The van der Waals surface area contributed by atoms with Crippen LogP contribution in [0, 0.1) is 34.1 Å². The summed E-state index contributed by atoms with van der Waals surface area (Å²) in [6.07, 6.45) is 1.52. The number of amides is 2. The number of rotatable bonds is 8. The molecule has 12 nitrogen and oxygen atoms in total. The Morgan fingerprint density at radius 2 is 1.79 bits per heavy atom. The zero-order chi connectivity index (χ0) is 34.1. The monoisotopic (exact) mass is 716 g/mol. The number of halogens is 1. The summed E-state index contributed by atoms with van der Waals surface area (Å²) in [5, 5.41) is 29.5. The first-order chi connectivity index (χ1) is 22.9. The van der Waals surface area contributed by atoms with Gasteiger partial charge >= 0.3 is 0 Å². The van der Waals surface area contributed by atoms with Crippen LogP contribution >= 0.6 is 46.5 Å².